The fourth-order valence-electron chi connectivity index (χ4n) is 1.12. The quantitative estimate of drug-likeness (QED) is 0.717. The van der Waals surface area contributed by atoms with Crippen molar-refractivity contribution in [1.29, 1.82) is 0 Å². The Morgan fingerprint density at radius 1 is 1.46 bits per heavy atom. The molecule has 1 rings (SSSR count). The molecule has 0 aromatic heterocycles. The highest BCUT2D eigenvalue weighted by atomic mass is 16.5. The van der Waals surface area contributed by atoms with Crippen molar-refractivity contribution >= 4 is 0 Å². The summed E-state index contributed by atoms with van der Waals surface area (Å²) in [4.78, 5) is 0. The predicted octanol–water partition coefficient (Wildman–Crippen LogP) is 2.30. The van der Waals surface area contributed by atoms with Crippen LogP contribution >= 0.6 is 0 Å². The van der Waals surface area contributed by atoms with E-state index in [1.807, 2.05) is 24.3 Å². The van der Waals surface area contributed by atoms with E-state index in [0.29, 0.717) is 6.42 Å². The zero-order chi connectivity index (χ0) is 9.68. The van der Waals surface area contributed by atoms with E-state index in [0.717, 1.165) is 11.3 Å². The van der Waals surface area contributed by atoms with E-state index in [-0.39, 0.29) is 0 Å². The third-order valence-corrected chi connectivity index (χ3v) is 1.89. The maximum Gasteiger partial charge on any atom is 0.118 e. The van der Waals surface area contributed by atoms with Crippen LogP contribution in [0.4, 0.5) is 0 Å². The van der Waals surface area contributed by atoms with Gasteiger partial charge in [-0.15, -0.1) is 6.58 Å². The van der Waals surface area contributed by atoms with Crippen molar-refractivity contribution in [3.8, 4) is 5.75 Å². The van der Waals surface area contributed by atoms with E-state index in [4.69, 9.17) is 4.74 Å². The summed E-state index contributed by atoms with van der Waals surface area (Å²) in [5, 5.41) is 9.57. The lowest BCUT2D eigenvalue weighted by Gasteiger charge is -2.08. The molecule has 1 aromatic rings. The van der Waals surface area contributed by atoms with E-state index in [2.05, 4.69) is 6.58 Å². The van der Waals surface area contributed by atoms with Gasteiger partial charge in [-0.2, -0.15) is 0 Å². The van der Waals surface area contributed by atoms with Gasteiger partial charge in [-0.25, -0.2) is 0 Å². The zero-order valence-electron chi connectivity index (χ0n) is 7.73. The second-order valence-electron chi connectivity index (χ2n) is 2.81. The van der Waals surface area contributed by atoms with E-state index >= 15 is 0 Å². The highest BCUT2D eigenvalue weighted by Crippen LogP contribution is 2.19. The Balaban J connectivity index is 2.73. The normalized spacial score (nSPS) is 12.2. The van der Waals surface area contributed by atoms with E-state index in [9.17, 15) is 5.11 Å². The first-order valence-electron chi connectivity index (χ1n) is 4.21. The van der Waals surface area contributed by atoms with Crippen LogP contribution in [0.5, 0.6) is 5.75 Å². The van der Waals surface area contributed by atoms with Gasteiger partial charge in [0.1, 0.15) is 5.75 Å². The molecule has 1 unspecified atom stereocenters. The fraction of sp³-hybridized carbons (Fsp3) is 0.273. The molecule has 2 heteroatoms. The molecule has 1 aromatic carbocycles. The first-order valence-corrected chi connectivity index (χ1v) is 4.21. The van der Waals surface area contributed by atoms with E-state index < -0.39 is 6.10 Å². The van der Waals surface area contributed by atoms with Gasteiger partial charge in [0.15, 0.2) is 0 Å². The molecular formula is C11H14O2. The zero-order valence-corrected chi connectivity index (χ0v) is 7.73. The van der Waals surface area contributed by atoms with Crippen LogP contribution in [0.3, 0.4) is 0 Å². The molecular weight excluding hydrogens is 164 g/mol. The Morgan fingerprint density at radius 2 is 2.08 bits per heavy atom. The van der Waals surface area contributed by atoms with Crippen LogP contribution in [0.2, 0.25) is 0 Å². The van der Waals surface area contributed by atoms with Gasteiger partial charge in [0.25, 0.3) is 0 Å². The van der Waals surface area contributed by atoms with Gasteiger partial charge in [-0.1, -0.05) is 18.2 Å². The first-order chi connectivity index (χ1) is 6.27. The molecule has 0 saturated carbocycles. The summed E-state index contributed by atoms with van der Waals surface area (Å²) >= 11 is 0. The van der Waals surface area contributed by atoms with Crippen LogP contribution in [-0.2, 0) is 0 Å². The van der Waals surface area contributed by atoms with Gasteiger partial charge in [-0.05, 0) is 24.1 Å². The SMILES string of the molecule is C=CCC(O)c1ccc(OC)cc1. The van der Waals surface area contributed by atoms with E-state index in [1.165, 1.54) is 0 Å². The van der Waals surface area contributed by atoms with Gasteiger partial charge in [0, 0.05) is 0 Å². The van der Waals surface area contributed by atoms with Crippen LogP contribution < -0.4 is 4.74 Å². The van der Waals surface area contributed by atoms with Crippen molar-refractivity contribution in [1.82, 2.24) is 0 Å². The minimum atomic E-state index is -0.455. The predicted molar refractivity (Wildman–Crippen MR) is 52.8 cm³/mol. The summed E-state index contributed by atoms with van der Waals surface area (Å²) in [5.41, 5.74) is 0.890. The lowest BCUT2D eigenvalue weighted by Crippen LogP contribution is -1.95. The molecule has 0 amide bonds. The Morgan fingerprint density at radius 3 is 2.54 bits per heavy atom. The summed E-state index contributed by atoms with van der Waals surface area (Å²) in [6.07, 6.45) is 1.82. The molecule has 0 spiro atoms. The van der Waals surface area contributed by atoms with Crippen LogP contribution in [-0.4, -0.2) is 12.2 Å². The van der Waals surface area contributed by atoms with Gasteiger partial charge < -0.3 is 9.84 Å². The number of rotatable bonds is 4. The fourth-order valence-corrected chi connectivity index (χ4v) is 1.12. The average Bonchev–Trinajstić information content (AvgIpc) is 2.18. The van der Waals surface area contributed by atoms with E-state index in [1.54, 1.807) is 13.2 Å². The standard InChI is InChI=1S/C11H14O2/c1-3-4-11(12)9-5-7-10(13-2)8-6-9/h3,5-8,11-12H,1,4H2,2H3. The topological polar surface area (TPSA) is 29.5 Å². The highest BCUT2D eigenvalue weighted by Gasteiger charge is 2.04. The first kappa shape index (κ1) is 9.81. The number of hydrogen-bond acceptors (Lipinski definition) is 2. The van der Waals surface area contributed by atoms with Crippen molar-refractivity contribution in [2.75, 3.05) is 7.11 Å². The van der Waals surface area contributed by atoms with Crippen molar-refractivity contribution in [3.05, 3.63) is 42.5 Å². The van der Waals surface area contributed by atoms with Gasteiger partial charge >= 0.3 is 0 Å². The van der Waals surface area contributed by atoms with Gasteiger partial charge in [0.2, 0.25) is 0 Å². The summed E-state index contributed by atoms with van der Waals surface area (Å²) < 4.78 is 5.01. The van der Waals surface area contributed by atoms with Crippen LogP contribution in [0.25, 0.3) is 0 Å². The van der Waals surface area contributed by atoms with Crippen molar-refractivity contribution in [2.24, 2.45) is 0 Å². The van der Waals surface area contributed by atoms with Crippen LogP contribution in [0, 0.1) is 0 Å². The van der Waals surface area contributed by atoms with Crippen molar-refractivity contribution in [3.63, 3.8) is 0 Å². The van der Waals surface area contributed by atoms with Gasteiger partial charge in [0.05, 0.1) is 13.2 Å². The molecule has 2 nitrogen and oxygen atoms in total. The molecule has 0 bridgehead atoms. The van der Waals surface area contributed by atoms with Crippen LogP contribution in [0.15, 0.2) is 36.9 Å². The molecule has 0 aliphatic heterocycles. The molecule has 0 fully saturated rings. The largest absolute Gasteiger partial charge is 0.497 e. The number of hydrogen-bond donors (Lipinski definition) is 1. The lowest BCUT2D eigenvalue weighted by molar-refractivity contribution is 0.181. The Kier molecular flexibility index (Phi) is 3.53. The summed E-state index contributed by atoms with van der Waals surface area (Å²) in [5.74, 6) is 0.801. The molecule has 0 aliphatic carbocycles. The third kappa shape index (κ3) is 2.60. The number of aliphatic hydroxyl groups excluding tert-OH is 1. The smallest absolute Gasteiger partial charge is 0.118 e. The maximum absolute atomic E-state index is 9.57. The molecule has 0 saturated heterocycles. The molecule has 0 radical (unpaired) electrons. The Hall–Kier alpha value is -1.28. The number of aliphatic hydroxyl groups is 1. The van der Waals surface area contributed by atoms with Crippen molar-refractivity contribution < 1.29 is 9.84 Å². The maximum atomic E-state index is 9.57. The molecule has 13 heavy (non-hydrogen) atoms. The lowest BCUT2D eigenvalue weighted by atomic mass is 10.1. The minimum Gasteiger partial charge on any atom is -0.497 e. The second-order valence-corrected chi connectivity index (χ2v) is 2.81. The summed E-state index contributed by atoms with van der Waals surface area (Å²) in [6.45, 7) is 3.58. The Labute approximate surface area is 78.5 Å². The number of ether oxygens (including phenoxy) is 1. The Bertz CT molecular complexity index is 264. The summed E-state index contributed by atoms with van der Waals surface area (Å²) in [6, 6.07) is 7.38. The molecule has 1 N–H and O–H groups in total. The molecule has 0 heterocycles. The summed E-state index contributed by atoms with van der Waals surface area (Å²) in [7, 11) is 1.62. The number of benzene rings is 1. The number of methoxy groups -OCH3 is 1. The third-order valence-electron chi connectivity index (χ3n) is 1.89. The van der Waals surface area contributed by atoms with Gasteiger partial charge in [-0.3, -0.25) is 0 Å². The minimum absolute atomic E-state index is 0.455. The molecule has 0 aliphatic rings. The van der Waals surface area contributed by atoms with Crippen LogP contribution in [0.1, 0.15) is 18.1 Å². The monoisotopic (exact) mass is 178 g/mol. The second kappa shape index (κ2) is 4.67. The average molecular weight is 178 g/mol. The van der Waals surface area contributed by atoms with Crippen molar-refractivity contribution in [2.45, 2.75) is 12.5 Å². The highest BCUT2D eigenvalue weighted by molar-refractivity contribution is 5.28. The molecule has 1 atom stereocenters. The molecule has 70 valence electrons.